The molecule has 3 aromatic rings. The number of hydrogen-bond donors (Lipinski definition) is 2. The number of aromatic amines is 1. The number of aromatic nitrogens is 2. The smallest absolute Gasteiger partial charge is 0.282 e. The first-order valence-electron chi connectivity index (χ1n) is 7.80. The van der Waals surface area contributed by atoms with Crippen molar-refractivity contribution in [2.75, 3.05) is 23.3 Å². The van der Waals surface area contributed by atoms with Crippen molar-refractivity contribution in [3.63, 3.8) is 0 Å². The Labute approximate surface area is 154 Å². The second kappa shape index (κ2) is 6.12. The summed E-state index contributed by atoms with van der Waals surface area (Å²) >= 11 is 6.18. The fourth-order valence-corrected chi connectivity index (χ4v) is 3.22. The number of hydrogen-bond acceptors (Lipinski definition) is 3. The molecule has 140 valence electrons. The van der Waals surface area contributed by atoms with E-state index in [1.165, 1.54) is 23.4 Å². The van der Waals surface area contributed by atoms with Crippen molar-refractivity contribution in [1.29, 1.82) is 0 Å². The Morgan fingerprint density at radius 2 is 1.96 bits per heavy atom. The number of H-pyrrole nitrogens is 1. The lowest BCUT2D eigenvalue weighted by Crippen LogP contribution is -2.56. The van der Waals surface area contributed by atoms with Crippen molar-refractivity contribution in [3.8, 4) is 0 Å². The summed E-state index contributed by atoms with van der Waals surface area (Å²) in [6, 6.07) is 3.27. The standard InChI is InChI=1S/C17H11ClF4N4O/c18-14-8(1-2-23-15(14)26-6-17(21,22)7-26)16(27)25-13-5-24-12-4-11(20)10(19)3-9(12)13/h1-5,24H,6-7H2,(H,25,27). The Hall–Kier alpha value is -2.81. The van der Waals surface area contributed by atoms with Gasteiger partial charge in [-0.05, 0) is 12.1 Å². The topological polar surface area (TPSA) is 61.0 Å². The van der Waals surface area contributed by atoms with E-state index < -0.39 is 36.6 Å². The number of alkyl halides is 2. The van der Waals surface area contributed by atoms with Gasteiger partial charge in [0, 0.05) is 23.8 Å². The zero-order valence-corrected chi connectivity index (χ0v) is 14.2. The molecule has 2 aromatic heterocycles. The molecule has 4 rings (SSSR count). The molecule has 0 spiro atoms. The van der Waals surface area contributed by atoms with Gasteiger partial charge < -0.3 is 15.2 Å². The van der Waals surface area contributed by atoms with Crippen molar-refractivity contribution in [3.05, 3.63) is 52.8 Å². The van der Waals surface area contributed by atoms with Gasteiger partial charge in [-0.3, -0.25) is 4.79 Å². The fourth-order valence-electron chi connectivity index (χ4n) is 2.90. The summed E-state index contributed by atoms with van der Waals surface area (Å²) in [6.07, 6.45) is 2.67. The molecule has 3 heterocycles. The summed E-state index contributed by atoms with van der Waals surface area (Å²) in [6.45, 7) is -1.06. The lowest BCUT2D eigenvalue weighted by Gasteiger charge is -2.39. The van der Waals surface area contributed by atoms with Gasteiger partial charge in [-0.2, -0.15) is 0 Å². The summed E-state index contributed by atoms with van der Waals surface area (Å²) in [5.74, 6) is -5.44. The molecule has 1 amide bonds. The van der Waals surface area contributed by atoms with Crippen molar-refractivity contribution >= 4 is 39.9 Å². The molecule has 1 aromatic carbocycles. The van der Waals surface area contributed by atoms with Crippen molar-refractivity contribution in [1.82, 2.24) is 9.97 Å². The molecule has 1 aliphatic heterocycles. The van der Waals surface area contributed by atoms with E-state index in [4.69, 9.17) is 11.6 Å². The van der Waals surface area contributed by atoms with Crippen LogP contribution in [0.25, 0.3) is 10.9 Å². The number of nitrogens with zero attached hydrogens (tertiary/aromatic N) is 2. The van der Waals surface area contributed by atoms with Crippen LogP contribution in [0.15, 0.2) is 30.6 Å². The highest BCUT2D eigenvalue weighted by atomic mass is 35.5. The second-order valence-electron chi connectivity index (χ2n) is 6.18. The lowest BCUT2D eigenvalue weighted by molar-refractivity contribution is -0.0266. The van der Waals surface area contributed by atoms with Crippen LogP contribution < -0.4 is 10.2 Å². The number of fused-ring (bicyclic) bond motifs is 1. The molecular formula is C17H11ClF4N4O. The van der Waals surface area contributed by atoms with Crippen molar-refractivity contribution < 1.29 is 22.4 Å². The normalized spacial score (nSPS) is 15.7. The van der Waals surface area contributed by atoms with Gasteiger partial charge in [-0.1, -0.05) is 11.6 Å². The van der Waals surface area contributed by atoms with Gasteiger partial charge in [-0.25, -0.2) is 22.5 Å². The summed E-state index contributed by atoms with van der Waals surface area (Å²) in [4.78, 5) is 20.5. The van der Waals surface area contributed by atoms with Crippen LogP contribution in [-0.4, -0.2) is 34.9 Å². The number of benzene rings is 1. The number of rotatable bonds is 3. The summed E-state index contributed by atoms with van der Waals surface area (Å²) in [5, 5.41) is 2.76. The lowest BCUT2D eigenvalue weighted by atomic mass is 10.1. The molecule has 0 unspecified atom stereocenters. The molecular weight excluding hydrogens is 388 g/mol. The molecule has 0 atom stereocenters. The molecule has 0 saturated carbocycles. The van der Waals surface area contributed by atoms with Gasteiger partial charge in [0.2, 0.25) is 0 Å². The maximum Gasteiger partial charge on any atom is 0.282 e. The van der Waals surface area contributed by atoms with Crippen molar-refractivity contribution in [2.45, 2.75) is 5.92 Å². The van der Waals surface area contributed by atoms with E-state index in [1.807, 2.05) is 0 Å². The first kappa shape index (κ1) is 17.6. The number of pyridine rings is 1. The van der Waals surface area contributed by atoms with E-state index in [0.717, 1.165) is 12.1 Å². The van der Waals surface area contributed by atoms with Gasteiger partial charge in [0.05, 0.1) is 34.9 Å². The molecule has 0 aliphatic carbocycles. The highest BCUT2D eigenvalue weighted by Crippen LogP contribution is 2.36. The Balaban J connectivity index is 1.62. The van der Waals surface area contributed by atoms with E-state index in [0.29, 0.717) is 5.52 Å². The molecule has 2 N–H and O–H groups in total. The first-order chi connectivity index (χ1) is 12.7. The molecule has 1 fully saturated rings. The predicted octanol–water partition coefficient (Wildman–Crippen LogP) is 4.20. The number of carbonyl (C=O) groups excluding carboxylic acids is 1. The van der Waals surface area contributed by atoms with E-state index >= 15 is 0 Å². The van der Waals surface area contributed by atoms with E-state index in [9.17, 15) is 22.4 Å². The zero-order valence-electron chi connectivity index (χ0n) is 13.5. The van der Waals surface area contributed by atoms with Crippen LogP contribution in [0.2, 0.25) is 5.02 Å². The van der Waals surface area contributed by atoms with E-state index in [2.05, 4.69) is 15.3 Å². The van der Waals surface area contributed by atoms with Gasteiger partial charge in [0.25, 0.3) is 11.8 Å². The maximum atomic E-state index is 13.5. The van der Waals surface area contributed by atoms with Crippen LogP contribution in [0.3, 0.4) is 0 Å². The average Bonchev–Trinajstić information content (AvgIpc) is 2.95. The van der Waals surface area contributed by atoms with Crippen LogP contribution in [-0.2, 0) is 0 Å². The summed E-state index contributed by atoms with van der Waals surface area (Å²) in [7, 11) is 0. The number of nitrogens with one attached hydrogen (secondary N) is 2. The molecule has 0 radical (unpaired) electrons. The van der Waals surface area contributed by atoms with Gasteiger partial charge in [-0.15, -0.1) is 0 Å². The Bertz CT molecular complexity index is 1060. The molecule has 1 aliphatic rings. The third-order valence-electron chi connectivity index (χ3n) is 4.23. The van der Waals surface area contributed by atoms with Crippen molar-refractivity contribution in [2.24, 2.45) is 0 Å². The van der Waals surface area contributed by atoms with Gasteiger partial charge in [0.15, 0.2) is 11.6 Å². The quantitative estimate of drug-likeness (QED) is 0.650. The SMILES string of the molecule is O=C(Nc1c[nH]c2cc(F)c(F)cc12)c1ccnc(N2CC(F)(F)C2)c1Cl. The first-order valence-corrected chi connectivity index (χ1v) is 8.18. The van der Waals surface area contributed by atoms with Crippen LogP contribution in [0.1, 0.15) is 10.4 Å². The minimum absolute atomic E-state index is 0.0221. The molecule has 0 bridgehead atoms. The Kier molecular flexibility index (Phi) is 3.99. The average molecular weight is 399 g/mol. The molecule has 1 saturated heterocycles. The van der Waals surface area contributed by atoms with E-state index in [-0.39, 0.29) is 27.5 Å². The fraction of sp³-hybridized carbons (Fsp3) is 0.176. The summed E-state index contributed by atoms with van der Waals surface area (Å²) in [5.41, 5.74) is 0.543. The largest absolute Gasteiger partial charge is 0.359 e. The monoisotopic (exact) mass is 398 g/mol. The number of carbonyl (C=O) groups is 1. The third kappa shape index (κ3) is 3.08. The number of amides is 1. The molecule has 5 nitrogen and oxygen atoms in total. The van der Waals surface area contributed by atoms with Gasteiger partial charge >= 0.3 is 0 Å². The van der Waals surface area contributed by atoms with Crippen LogP contribution in [0, 0.1) is 11.6 Å². The Morgan fingerprint density at radius 1 is 1.26 bits per heavy atom. The highest BCUT2D eigenvalue weighted by Gasteiger charge is 2.45. The predicted molar refractivity (Wildman–Crippen MR) is 92.6 cm³/mol. The van der Waals surface area contributed by atoms with Crippen LogP contribution in [0.4, 0.5) is 29.1 Å². The second-order valence-corrected chi connectivity index (χ2v) is 6.55. The van der Waals surface area contributed by atoms with Crippen LogP contribution in [0.5, 0.6) is 0 Å². The van der Waals surface area contributed by atoms with Gasteiger partial charge in [0.1, 0.15) is 5.82 Å². The number of anilines is 2. The van der Waals surface area contributed by atoms with E-state index in [1.54, 1.807) is 0 Å². The highest BCUT2D eigenvalue weighted by molar-refractivity contribution is 6.36. The third-order valence-corrected chi connectivity index (χ3v) is 4.60. The van der Waals surface area contributed by atoms with Crippen LogP contribution >= 0.6 is 11.6 Å². The molecule has 27 heavy (non-hydrogen) atoms. The zero-order chi connectivity index (χ0) is 19.3. The molecule has 10 heteroatoms. The summed E-state index contributed by atoms with van der Waals surface area (Å²) < 4.78 is 52.9. The maximum absolute atomic E-state index is 13.5. The minimum Gasteiger partial charge on any atom is -0.359 e. The minimum atomic E-state index is -2.81. The Morgan fingerprint density at radius 3 is 2.67 bits per heavy atom. The number of halogens is 5.